The average Bonchev–Trinajstić information content (AvgIpc) is 3.52. The Morgan fingerprint density at radius 1 is 1.14 bits per heavy atom. The average molecular weight is 483 g/mol. The van der Waals surface area contributed by atoms with Gasteiger partial charge in [-0.05, 0) is 45.4 Å². The first-order valence-electron chi connectivity index (χ1n) is 11.9. The number of fused-ring (bicyclic) bond motifs is 3. The monoisotopic (exact) mass is 482 g/mol. The van der Waals surface area contributed by atoms with Gasteiger partial charge in [0.15, 0.2) is 0 Å². The minimum Gasteiger partial charge on any atom is -0.444 e. The molecule has 3 saturated heterocycles. The SMILES string of the molecule is CC(C)(C)OC(=O)N1C2CC1CN(c1ccc(-c3cc(-c4cn[nH]c4)cn4ncc(C#N)c34)cn1)C2. The summed E-state index contributed by atoms with van der Waals surface area (Å²) in [6, 6.07) is 8.57. The normalized spacial score (nSPS) is 19.2. The fourth-order valence-corrected chi connectivity index (χ4v) is 5.13. The molecule has 0 saturated carbocycles. The van der Waals surface area contributed by atoms with Gasteiger partial charge < -0.3 is 9.64 Å². The molecule has 182 valence electrons. The molecule has 0 aromatic carbocycles. The summed E-state index contributed by atoms with van der Waals surface area (Å²) in [5, 5.41) is 20.9. The van der Waals surface area contributed by atoms with Gasteiger partial charge in [-0.25, -0.2) is 14.3 Å². The molecule has 4 aromatic heterocycles. The molecule has 3 aliphatic rings. The first-order valence-corrected chi connectivity index (χ1v) is 11.9. The van der Waals surface area contributed by atoms with Crippen LogP contribution in [0.2, 0.25) is 0 Å². The molecule has 1 amide bonds. The lowest BCUT2D eigenvalue weighted by atomic mass is 9.88. The van der Waals surface area contributed by atoms with Crippen molar-refractivity contribution in [3.8, 4) is 28.3 Å². The standard InChI is InChI=1S/C26H26N8O2/c1-26(2,3)36-25(35)34-20-7-21(34)15-32(14-20)23-5-4-16(9-28-23)22-6-17(19-10-29-30-11-19)13-33-24(22)18(8-27)12-31-33/h4-6,9-13,20-21H,7,14-15H2,1-3H3,(H,29,30). The van der Waals surface area contributed by atoms with Crippen LogP contribution in [0.4, 0.5) is 10.6 Å². The molecule has 36 heavy (non-hydrogen) atoms. The van der Waals surface area contributed by atoms with E-state index >= 15 is 0 Å². The maximum atomic E-state index is 12.6. The summed E-state index contributed by atoms with van der Waals surface area (Å²) >= 11 is 0. The number of carbonyl (C=O) groups is 1. The molecule has 0 aliphatic carbocycles. The third-order valence-corrected chi connectivity index (χ3v) is 6.74. The summed E-state index contributed by atoms with van der Waals surface area (Å²) in [6.45, 7) is 7.12. The van der Waals surface area contributed by atoms with Crippen molar-refractivity contribution in [2.75, 3.05) is 18.0 Å². The van der Waals surface area contributed by atoms with Crippen LogP contribution in [-0.2, 0) is 4.74 Å². The van der Waals surface area contributed by atoms with Gasteiger partial charge in [-0.1, -0.05) is 0 Å². The molecule has 0 spiro atoms. The van der Waals surface area contributed by atoms with E-state index in [1.54, 1.807) is 16.9 Å². The van der Waals surface area contributed by atoms with Crippen LogP contribution in [0.15, 0.2) is 49.2 Å². The maximum Gasteiger partial charge on any atom is 0.410 e. The van der Waals surface area contributed by atoms with Crippen molar-refractivity contribution in [3.05, 3.63) is 54.7 Å². The Labute approximate surface area is 208 Å². The molecule has 2 bridgehead atoms. The van der Waals surface area contributed by atoms with Gasteiger partial charge >= 0.3 is 6.09 Å². The number of hydrogen-bond acceptors (Lipinski definition) is 7. The molecule has 10 nitrogen and oxygen atoms in total. The highest BCUT2D eigenvalue weighted by atomic mass is 16.6. The quantitative estimate of drug-likeness (QED) is 0.471. The summed E-state index contributed by atoms with van der Waals surface area (Å²) < 4.78 is 7.31. The number of nitrogens with one attached hydrogen (secondary N) is 1. The number of piperazine rings is 1. The number of piperidine rings is 1. The molecule has 10 heteroatoms. The lowest BCUT2D eigenvalue weighted by molar-refractivity contribution is -0.0380. The van der Waals surface area contributed by atoms with Crippen LogP contribution in [-0.4, -0.2) is 66.6 Å². The number of rotatable bonds is 3. The second-order valence-electron chi connectivity index (χ2n) is 10.3. The van der Waals surface area contributed by atoms with Crippen LogP contribution in [0, 0.1) is 11.3 Å². The number of ether oxygens (including phenoxy) is 1. The van der Waals surface area contributed by atoms with Crippen molar-refractivity contribution < 1.29 is 9.53 Å². The lowest BCUT2D eigenvalue weighted by Gasteiger charge is -2.56. The van der Waals surface area contributed by atoms with Crippen LogP contribution >= 0.6 is 0 Å². The van der Waals surface area contributed by atoms with Crippen molar-refractivity contribution in [3.63, 3.8) is 0 Å². The number of pyridine rings is 2. The fourth-order valence-electron chi connectivity index (χ4n) is 5.13. The minimum atomic E-state index is -0.501. The zero-order valence-electron chi connectivity index (χ0n) is 20.3. The number of nitrogens with zero attached hydrogens (tertiary/aromatic N) is 7. The highest BCUT2D eigenvalue weighted by Gasteiger charge is 2.49. The summed E-state index contributed by atoms with van der Waals surface area (Å²) in [4.78, 5) is 21.4. The molecule has 4 aromatic rings. The van der Waals surface area contributed by atoms with Crippen LogP contribution in [0.1, 0.15) is 32.8 Å². The zero-order valence-corrected chi connectivity index (χ0v) is 20.3. The van der Waals surface area contributed by atoms with Crippen LogP contribution in [0.25, 0.3) is 27.8 Å². The lowest BCUT2D eigenvalue weighted by Crippen LogP contribution is -2.70. The van der Waals surface area contributed by atoms with E-state index in [2.05, 4.69) is 26.3 Å². The zero-order chi connectivity index (χ0) is 25.0. The van der Waals surface area contributed by atoms with Crippen molar-refractivity contribution in [1.82, 2.24) is 29.7 Å². The Kier molecular flexibility index (Phi) is 4.96. The highest BCUT2D eigenvalue weighted by Crippen LogP contribution is 2.36. The second-order valence-corrected chi connectivity index (χ2v) is 10.3. The number of H-pyrrole nitrogens is 1. The molecule has 3 fully saturated rings. The van der Waals surface area contributed by atoms with E-state index in [0.29, 0.717) is 5.56 Å². The van der Waals surface area contributed by atoms with Gasteiger partial charge in [-0.3, -0.25) is 10.00 Å². The minimum absolute atomic E-state index is 0.135. The first kappa shape index (κ1) is 22.1. The smallest absolute Gasteiger partial charge is 0.410 e. The number of carbonyl (C=O) groups excluding carboxylic acids is 1. The first-order chi connectivity index (χ1) is 17.3. The molecule has 7 heterocycles. The number of aromatic amines is 1. The number of nitriles is 1. The van der Waals surface area contributed by atoms with Gasteiger partial charge in [-0.2, -0.15) is 15.5 Å². The Bertz CT molecular complexity index is 1470. The summed E-state index contributed by atoms with van der Waals surface area (Å²) in [5.74, 6) is 0.869. The molecule has 1 N–H and O–H groups in total. The second kappa shape index (κ2) is 8.09. The molecule has 3 aliphatic heterocycles. The van der Waals surface area contributed by atoms with Crippen molar-refractivity contribution >= 4 is 17.4 Å². The highest BCUT2D eigenvalue weighted by molar-refractivity contribution is 5.87. The summed E-state index contributed by atoms with van der Waals surface area (Å²) in [6.07, 6.45) is 9.64. The van der Waals surface area contributed by atoms with Crippen LogP contribution in [0.3, 0.4) is 0 Å². The topological polar surface area (TPSA) is 115 Å². The maximum absolute atomic E-state index is 12.6. The Balaban J connectivity index is 1.27. The number of hydrogen-bond donors (Lipinski definition) is 1. The van der Waals surface area contributed by atoms with E-state index in [1.165, 1.54) is 0 Å². The van der Waals surface area contributed by atoms with Crippen molar-refractivity contribution in [1.29, 1.82) is 5.26 Å². The molecular weight excluding hydrogens is 456 g/mol. The predicted molar refractivity (Wildman–Crippen MR) is 133 cm³/mol. The fraction of sp³-hybridized carbons (Fsp3) is 0.346. The van der Waals surface area contributed by atoms with E-state index in [0.717, 1.165) is 53.1 Å². The summed E-state index contributed by atoms with van der Waals surface area (Å²) in [5.41, 5.74) is 4.38. The van der Waals surface area contributed by atoms with Crippen molar-refractivity contribution in [2.24, 2.45) is 0 Å². The van der Waals surface area contributed by atoms with Gasteiger partial charge in [0.1, 0.15) is 17.5 Å². The van der Waals surface area contributed by atoms with Gasteiger partial charge in [0.2, 0.25) is 0 Å². The van der Waals surface area contributed by atoms with Crippen molar-refractivity contribution in [2.45, 2.75) is 44.9 Å². The Hall–Kier alpha value is -4.39. The van der Waals surface area contributed by atoms with Gasteiger partial charge in [0, 0.05) is 53.9 Å². The van der Waals surface area contributed by atoms with Gasteiger partial charge in [0.05, 0.1) is 35.6 Å². The molecule has 7 rings (SSSR count). The van der Waals surface area contributed by atoms with Crippen LogP contribution in [0.5, 0.6) is 0 Å². The molecular formula is C26H26N8O2. The molecule has 0 radical (unpaired) electrons. The number of anilines is 1. The predicted octanol–water partition coefficient (Wildman–Crippen LogP) is 3.86. The van der Waals surface area contributed by atoms with E-state index in [9.17, 15) is 10.1 Å². The third kappa shape index (κ3) is 3.73. The van der Waals surface area contributed by atoms with Gasteiger partial charge in [-0.15, -0.1) is 0 Å². The third-order valence-electron chi connectivity index (χ3n) is 6.74. The Morgan fingerprint density at radius 3 is 2.58 bits per heavy atom. The van der Waals surface area contributed by atoms with Crippen LogP contribution < -0.4 is 4.90 Å². The molecule has 2 unspecified atom stereocenters. The van der Waals surface area contributed by atoms with E-state index in [4.69, 9.17) is 9.72 Å². The largest absolute Gasteiger partial charge is 0.444 e. The summed E-state index contributed by atoms with van der Waals surface area (Å²) in [7, 11) is 0. The van der Waals surface area contributed by atoms with Gasteiger partial charge in [0.25, 0.3) is 0 Å². The van der Waals surface area contributed by atoms with E-state index < -0.39 is 5.60 Å². The molecule has 2 atom stereocenters. The van der Waals surface area contributed by atoms with E-state index in [1.807, 2.05) is 62.5 Å². The Morgan fingerprint density at radius 2 is 1.94 bits per heavy atom. The van der Waals surface area contributed by atoms with E-state index in [-0.39, 0.29) is 18.2 Å². The number of aromatic nitrogens is 5. The number of amides is 1.